The third-order valence-electron chi connectivity index (χ3n) is 3.45. The highest BCUT2D eigenvalue weighted by atomic mass is 35.5. The summed E-state index contributed by atoms with van der Waals surface area (Å²) in [6.07, 6.45) is 3.22. The first-order chi connectivity index (χ1) is 12.0. The molecule has 8 nitrogen and oxygen atoms in total. The number of hydrogen-bond acceptors (Lipinski definition) is 7. The van der Waals surface area contributed by atoms with E-state index in [-0.39, 0.29) is 12.3 Å². The molecule has 2 aromatic heterocycles. The van der Waals surface area contributed by atoms with Crippen molar-refractivity contribution < 1.29 is 14.8 Å². The number of nitro benzene ring substituents is 1. The summed E-state index contributed by atoms with van der Waals surface area (Å²) in [6, 6.07) is 4.63. The summed E-state index contributed by atoms with van der Waals surface area (Å²) in [5, 5.41) is 25.8. The van der Waals surface area contributed by atoms with E-state index < -0.39 is 4.92 Å². The number of fused-ring (bicyclic) bond motifs is 1. The molecule has 10 heteroatoms. The molecule has 2 heterocycles. The van der Waals surface area contributed by atoms with E-state index in [1.54, 1.807) is 29.2 Å². The van der Waals surface area contributed by atoms with Gasteiger partial charge in [-0.05, 0) is 6.07 Å². The van der Waals surface area contributed by atoms with Gasteiger partial charge >= 0.3 is 0 Å². The van der Waals surface area contributed by atoms with E-state index in [0.717, 1.165) is 5.39 Å². The SMILES string of the molecule is COc1cc([N+](=O)[O-])c(SCCO)cc1-n1ncc2cnc(Cl)cc21. The Morgan fingerprint density at radius 2 is 2.20 bits per heavy atom. The highest BCUT2D eigenvalue weighted by molar-refractivity contribution is 7.99. The Balaban J connectivity index is 2.22. The number of pyridine rings is 1. The van der Waals surface area contributed by atoms with Crippen molar-refractivity contribution in [2.45, 2.75) is 4.90 Å². The number of aliphatic hydroxyl groups is 1. The van der Waals surface area contributed by atoms with Gasteiger partial charge in [0, 0.05) is 23.4 Å². The van der Waals surface area contributed by atoms with Crippen LogP contribution in [-0.2, 0) is 0 Å². The first kappa shape index (κ1) is 17.5. The van der Waals surface area contributed by atoms with Crippen LogP contribution in [-0.4, -0.2) is 44.3 Å². The third-order valence-corrected chi connectivity index (χ3v) is 4.68. The number of rotatable bonds is 6. The molecule has 0 bridgehead atoms. The number of thioether (sulfide) groups is 1. The van der Waals surface area contributed by atoms with Gasteiger partial charge in [0.15, 0.2) is 5.75 Å². The Labute approximate surface area is 151 Å². The van der Waals surface area contributed by atoms with E-state index in [1.807, 2.05) is 0 Å². The van der Waals surface area contributed by atoms with E-state index in [1.165, 1.54) is 24.9 Å². The lowest BCUT2D eigenvalue weighted by Crippen LogP contribution is -2.03. The van der Waals surface area contributed by atoms with Gasteiger partial charge in [-0.1, -0.05) is 11.6 Å². The number of aromatic nitrogens is 3. The maximum Gasteiger partial charge on any atom is 0.286 e. The molecule has 1 aromatic carbocycles. The van der Waals surface area contributed by atoms with Crippen molar-refractivity contribution in [3.05, 3.63) is 45.9 Å². The monoisotopic (exact) mass is 380 g/mol. The molecule has 0 spiro atoms. The molecule has 3 aromatic rings. The third kappa shape index (κ3) is 3.39. The van der Waals surface area contributed by atoms with E-state index in [9.17, 15) is 10.1 Å². The van der Waals surface area contributed by atoms with E-state index >= 15 is 0 Å². The van der Waals surface area contributed by atoms with Gasteiger partial charge in [-0.25, -0.2) is 9.67 Å². The minimum absolute atomic E-state index is 0.0878. The molecule has 0 aliphatic rings. The molecule has 1 N–H and O–H groups in total. The van der Waals surface area contributed by atoms with Gasteiger partial charge in [0.05, 0.1) is 41.3 Å². The Morgan fingerprint density at radius 1 is 1.40 bits per heavy atom. The first-order valence-corrected chi connectivity index (χ1v) is 8.51. The molecular weight excluding hydrogens is 368 g/mol. The van der Waals surface area contributed by atoms with Crippen molar-refractivity contribution in [2.24, 2.45) is 0 Å². The van der Waals surface area contributed by atoms with Gasteiger partial charge in [0.25, 0.3) is 5.69 Å². The maximum absolute atomic E-state index is 11.3. The second-order valence-electron chi connectivity index (χ2n) is 4.94. The van der Waals surface area contributed by atoms with Crippen LogP contribution in [0, 0.1) is 10.1 Å². The molecule has 130 valence electrons. The maximum atomic E-state index is 11.3. The van der Waals surface area contributed by atoms with Crippen LogP contribution in [0.3, 0.4) is 0 Å². The smallest absolute Gasteiger partial charge is 0.286 e. The number of nitrogens with zero attached hydrogens (tertiary/aromatic N) is 4. The zero-order chi connectivity index (χ0) is 18.0. The lowest BCUT2D eigenvalue weighted by atomic mass is 10.2. The number of halogens is 1. The highest BCUT2D eigenvalue weighted by Gasteiger charge is 2.21. The molecule has 0 aliphatic carbocycles. The molecule has 0 atom stereocenters. The zero-order valence-electron chi connectivity index (χ0n) is 13.0. The second kappa shape index (κ2) is 7.26. The van der Waals surface area contributed by atoms with E-state index in [0.29, 0.717) is 32.8 Å². The molecule has 25 heavy (non-hydrogen) atoms. The van der Waals surface area contributed by atoms with Crippen LogP contribution >= 0.6 is 23.4 Å². The fourth-order valence-electron chi connectivity index (χ4n) is 2.37. The van der Waals surface area contributed by atoms with Crippen LogP contribution in [0.15, 0.2) is 35.5 Å². The highest BCUT2D eigenvalue weighted by Crippen LogP contribution is 2.38. The summed E-state index contributed by atoms with van der Waals surface area (Å²) in [5.41, 5.74) is 1.14. The van der Waals surface area contributed by atoms with Gasteiger partial charge < -0.3 is 9.84 Å². The van der Waals surface area contributed by atoms with Crippen molar-refractivity contribution in [2.75, 3.05) is 19.5 Å². The summed E-state index contributed by atoms with van der Waals surface area (Å²) in [7, 11) is 1.43. The average Bonchev–Trinajstić information content (AvgIpc) is 3.01. The van der Waals surface area contributed by atoms with Crippen molar-refractivity contribution in [1.29, 1.82) is 0 Å². The van der Waals surface area contributed by atoms with Gasteiger partial charge in [0.1, 0.15) is 10.8 Å². The predicted octanol–water partition coefficient (Wildman–Crippen LogP) is 3.08. The molecule has 0 saturated carbocycles. The summed E-state index contributed by atoms with van der Waals surface area (Å²) in [5.74, 6) is 0.639. The first-order valence-electron chi connectivity index (χ1n) is 7.15. The van der Waals surface area contributed by atoms with Crippen LogP contribution in [0.25, 0.3) is 16.6 Å². The number of benzene rings is 1. The fraction of sp³-hybridized carbons (Fsp3) is 0.200. The summed E-state index contributed by atoms with van der Waals surface area (Å²) >= 11 is 7.16. The summed E-state index contributed by atoms with van der Waals surface area (Å²) in [6.45, 7) is -0.0881. The zero-order valence-corrected chi connectivity index (χ0v) is 14.6. The fourth-order valence-corrected chi connectivity index (χ4v) is 3.31. The molecule has 0 fully saturated rings. The Kier molecular flexibility index (Phi) is 5.07. The molecule has 3 rings (SSSR count). The van der Waals surface area contributed by atoms with Crippen LogP contribution in [0.1, 0.15) is 0 Å². The van der Waals surface area contributed by atoms with Crippen LogP contribution in [0.2, 0.25) is 5.15 Å². The molecule has 0 aliphatic heterocycles. The second-order valence-corrected chi connectivity index (χ2v) is 6.47. The largest absolute Gasteiger partial charge is 0.494 e. The molecule has 0 unspecified atom stereocenters. The van der Waals surface area contributed by atoms with Crippen LogP contribution in [0.4, 0.5) is 5.69 Å². The van der Waals surface area contributed by atoms with E-state index in [2.05, 4.69) is 10.1 Å². The van der Waals surface area contributed by atoms with Crippen molar-refractivity contribution in [3.63, 3.8) is 0 Å². The van der Waals surface area contributed by atoms with Gasteiger partial charge in [0.2, 0.25) is 0 Å². The molecular formula is C15H13ClN4O4S. The Bertz CT molecular complexity index is 947. The lowest BCUT2D eigenvalue weighted by Gasteiger charge is -2.12. The quantitative estimate of drug-likeness (QED) is 0.303. The average molecular weight is 381 g/mol. The van der Waals surface area contributed by atoms with Crippen LogP contribution < -0.4 is 4.74 Å². The number of aliphatic hydroxyl groups excluding tert-OH is 1. The van der Waals surface area contributed by atoms with Crippen molar-refractivity contribution in [3.8, 4) is 11.4 Å². The van der Waals surface area contributed by atoms with Crippen molar-refractivity contribution in [1.82, 2.24) is 14.8 Å². The number of hydrogen-bond donors (Lipinski definition) is 1. The predicted molar refractivity (Wildman–Crippen MR) is 94.9 cm³/mol. The molecule has 0 radical (unpaired) electrons. The number of ether oxygens (including phenoxy) is 1. The minimum atomic E-state index is -0.478. The lowest BCUT2D eigenvalue weighted by molar-refractivity contribution is -0.387. The number of methoxy groups -OCH3 is 1. The standard InChI is InChI=1S/C15H13ClN4O4S/c1-24-13-4-12(20(22)23)14(25-3-2-21)5-11(13)19-10-6-15(16)17-7-9(10)8-18-19/h4-8,21H,2-3H2,1H3. The normalized spacial score (nSPS) is 11.0. The molecule has 0 saturated heterocycles. The summed E-state index contributed by atoms with van der Waals surface area (Å²) in [4.78, 5) is 15.3. The van der Waals surface area contributed by atoms with Gasteiger partial charge in [-0.2, -0.15) is 5.10 Å². The summed E-state index contributed by atoms with van der Waals surface area (Å²) < 4.78 is 6.92. The Hall–Kier alpha value is -2.36. The topological polar surface area (TPSA) is 103 Å². The molecule has 0 amide bonds. The Morgan fingerprint density at radius 3 is 2.88 bits per heavy atom. The van der Waals surface area contributed by atoms with Gasteiger partial charge in [-0.15, -0.1) is 11.8 Å². The van der Waals surface area contributed by atoms with Crippen LogP contribution in [0.5, 0.6) is 5.75 Å². The van der Waals surface area contributed by atoms with E-state index in [4.69, 9.17) is 21.4 Å². The van der Waals surface area contributed by atoms with Crippen molar-refractivity contribution >= 4 is 40.0 Å². The number of nitro groups is 1. The minimum Gasteiger partial charge on any atom is -0.494 e. The van der Waals surface area contributed by atoms with Gasteiger partial charge in [-0.3, -0.25) is 10.1 Å².